The molecule has 0 fully saturated rings. The van der Waals surface area contributed by atoms with Gasteiger partial charge in [-0.05, 0) is 67.7 Å². The summed E-state index contributed by atoms with van der Waals surface area (Å²) in [7, 11) is 0. The first-order chi connectivity index (χ1) is 14.1. The molecule has 1 heterocycles. The van der Waals surface area contributed by atoms with Crippen molar-refractivity contribution < 1.29 is 18.7 Å². The molecule has 2 aromatic carbocycles. The van der Waals surface area contributed by atoms with Gasteiger partial charge in [0.05, 0.1) is 24.1 Å². The Morgan fingerprint density at radius 2 is 1.72 bits per heavy atom. The number of thiocarbonyl (C=S) groups is 1. The number of amides is 2. The van der Waals surface area contributed by atoms with E-state index in [1.807, 2.05) is 6.92 Å². The number of carbonyl (C=O) groups excluding carboxylic acids is 2. The van der Waals surface area contributed by atoms with E-state index in [0.29, 0.717) is 23.5 Å². The van der Waals surface area contributed by atoms with Gasteiger partial charge in [-0.3, -0.25) is 14.9 Å². The smallest absolute Gasteiger partial charge is 0.293 e. The second-order valence-electron chi connectivity index (χ2n) is 5.84. The van der Waals surface area contributed by atoms with E-state index in [0.717, 1.165) is 5.75 Å². The highest BCUT2D eigenvalue weighted by molar-refractivity contribution is 7.80. The van der Waals surface area contributed by atoms with Crippen LogP contribution >= 0.6 is 12.2 Å². The fraction of sp³-hybridized carbons (Fsp3) is 0.0952. The third-order valence-corrected chi connectivity index (χ3v) is 4.02. The minimum Gasteiger partial charge on any atom is -0.494 e. The lowest BCUT2D eigenvalue weighted by molar-refractivity contribution is 0.0950. The number of carbonyl (C=O) groups is 2. The highest BCUT2D eigenvalue weighted by Crippen LogP contribution is 2.19. The molecule has 0 saturated heterocycles. The van der Waals surface area contributed by atoms with Crippen molar-refractivity contribution in [2.24, 2.45) is 0 Å². The zero-order valence-corrected chi connectivity index (χ0v) is 16.4. The zero-order chi connectivity index (χ0) is 20.6. The van der Waals surface area contributed by atoms with Crippen molar-refractivity contribution in [3.05, 3.63) is 78.3 Å². The van der Waals surface area contributed by atoms with Gasteiger partial charge < -0.3 is 19.8 Å². The van der Waals surface area contributed by atoms with E-state index in [9.17, 15) is 9.59 Å². The maximum atomic E-state index is 12.7. The number of ether oxygens (including phenoxy) is 1. The topological polar surface area (TPSA) is 92.6 Å². The largest absolute Gasteiger partial charge is 0.494 e. The molecule has 0 saturated carbocycles. The molecule has 1 aromatic heterocycles. The Balaban J connectivity index is 1.66. The van der Waals surface area contributed by atoms with Crippen LogP contribution in [0.5, 0.6) is 5.75 Å². The molecule has 148 valence electrons. The van der Waals surface area contributed by atoms with E-state index in [1.54, 1.807) is 54.6 Å². The third-order valence-electron chi connectivity index (χ3n) is 3.82. The van der Waals surface area contributed by atoms with Crippen molar-refractivity contribution in [2.75, 3.05) is 17.2 Å². The van der Waals surface area contributed by atoms with Gasteiger partial charge in [-0.25, -0.2) is 0 Å². The van der Waals surface area contributed by atoms with Gasteiger partial charge in [0.1, 0.15) is 5.75 Å². The predicted molar refractivity (Wildman–Crippen MR) is 114 cm³/mol. The fourth-order valence-electron chi connectivity index (χ4n) is 2.52. The molecule has 7 nitrogen and oxygen atoms in total. The van der Waals surface area contributed by atoms with Crippen molar-refractivity contribution in [2.45, 2.75) is 6.92 Å². The highest BCUT2D eigenvalue weighted by atomic mass is 32.1. The monoisotopic (exact) mass is 409 g/mol. The maximum absolute atomic E-state index is 12.7. The first-order valence-electron chi connectivity index (χ1n) is 8.86. The van der Waals surface area contributed by atoms with Gasteiger partial charge in [0, 0.05) is 5.69 Å². The molecule has 3 rings (SSSR count). The molecular weight excluding hydrogens is 390 g/mol. The highest BCUT2D eigenvalue weighted by Gasteiger charge is 2.15. The van der Waals surface area contributed by atoms with Crippen LogP contribution in [0.1, 0.15) is 27.8 Å². The lowest BCUT2D eigenvalue weighted by atomic mass is 10.1. The van der Waals surface area contributed by atoms with Crippen LogP contribution in [0, 0.1) is 0 Å². The summed E-state index contributed by atoms with van der Waals surface area (Å²) in [6.07, 6.45) is 1.39. The van der Waals surface area contributed by atoms with E-state index < -0.39 is 5.91 Å². The molecule has 0 bridgehead atoms. The van der Waals surface area contributed by atoms with Gasteiger partial charge in [0.25, 0.3) is 11.8 Å². The van der Waals surface area contributed by atoms with E-state index >= 15 is 0 Å². The number of para-hydroxylation sites is 1. The van der Waals surface area contributed by atoms with Crippen molar-refractivity contribution in [1.82, 2.24) is 5.32 Å². The molecule has 0 aliphatic rings. The van der Waals surface area contributed by atoms with Crippen molar-refractivity contribution in [3.63, 3.8) is 0 Å². The second kappa shape index (κ2) is 9.52. The van der Waals surface area contributed by atoms with Crippen LogP contribution in [0.3, 0.4) is 0 Å². The molecule has 0 unspecified atom stereocenters. The number of hydrogen-bond donors (Lipinski definition) is 3. The Morgan fingerprint density at radius 3 is 2.41 bits per heavy atom. The minimum atomic E-state index is -0.483. The van der Waals surface area contributed by atoms with Crippen LogP contribution < -0.4 is 20.7 Å². The molecule has 29 heavy (non-hydrogen) atoms. The summed E-state index contributed by atoms with van der Waals surface area (Å²) in [5.41, 5.74) is 1.46. The molecular formula is C21H19N3O4S. The number of rotatable bonds is 6. The van der Waals surface area contributed by atoms with E-state index in [4.69, 9.17) is 21.4 Å². The molecule has 0 atom stereocenters. The zero-order valence-electron chi connectivity index (χ0n) is 15.6. The number of nitrogens with one attached hydrogen (secondary N) is 3. The molecule has 0 spiro atoms. The number of benzene rings is 2. The average Bonchev–Trinajstić information content (AvgIpc) is 3.25. The summed E-state index contributed by atoms with van der Waals surface area (Å²) in [4.78, 5) is 24.7. The van der Waals surface area contributed by atoms with Gasteiger partial charge in [-0.15, -0.1) is 0 Å². The minimum absolute atomic E-state index is 0.0488. The first-order valence-corrected chi connectivity index (χ1v) is 9.26. The summed E-state index contributed by atoms with van der Waals surface area (Å²) in [5.74, 6) is 0.0575. The van der Waals surface area contributed by atoms with Crippen LogP contribution in [-0.2, 0) is 0 Å². The van der Waals surface area contributed by atoms with Crippen LogP contribution in [0.15, 0.2) is 71.3 Å². The molecule has 0 aliphatic carbocycles. The van der Waals surface area contributed by atoms with E-state index in [1.165, 1.54) is 12.3 Å². The molecule has 3 N–H and O–H groups in total. The van der Waals surface area contributed by atoms with Crippen LogP contribution in [0.2, 0.25) is 0 Å². The Hall–Kier alpha value is -3.65. The number of hydrogen-bond acceptors (Lipinski definition) is 5. The predicted octanol–water partition coefficient (Wildman–Crippen LogP) is 4.06. The van der Waals surface area contributed by atoms with Gasteiger partial charge in [-0.1, -0.05) is 12.1 Å². The van der Waals surface area contributed by atoms with Crippen LogP contribution in [-0.4, -0.2) is 23.5 Å². The van der Waals surface area contributed by atoms with Crippen molar-refractivity contribution in [1.29, 1.82) is 0 Å². The first kappa shape index (κ1) is 20.1. The Morgan fingerprint density at radius 1 is 0.966 bits per heavy atom. The third kappa shape index (κ3) is 5.43. The molecule has 0 aliphatic heterocycles. The Bertz CT molecular complexity index is 1000. The van der Waals surface area contributed by atoms with Gasteiger partial charge >= 0.3 is 0 Å². The second-order valence-corrected chi connectivity index (χ2v) is 6.25. The SMILES string of the molecule is CCOc1ccc(NC(=O)c2ccccc2NC(=S)NC(=O)c2ccco2)cc1. The molecule has 3 aromatic rings. The summed E-state index contributed by atoms with van der Waals surface area (Å²) < 4.78 is 10.4. The molecule has 8 heteroatoms. The maximum Gasteiger partial charge on any atom is 0.293 e. The summed E-state index contributed by atoms with van der Waals surface area (Å²) in [6.45, 7) is 2.47. The van der Waals surface area contributed by atoms with Crippen molar-refractivity contribution in [3.8, 4) is 5.75 Å². The quantitative estimate of drug-likeness (QED) is 0.532. The Labute approximate surface area is 173 Å². The standard InChI is InChI=1S/C21H19N3O4S/c1-2-27-15-11-9-14(10-12-15)22-19(25)16-6-3-4-7-17(16)23-21(29)24-20(26)18-8-5-13-28-18/h3-13H,2H2,1H3,(H,22,25)(H2,23,24,26,29). The van der Waals surface area contributed by atoms with E-state index in [2.05, 4.69) is 16.0 Å². The van der Waals surface area contributed by atoms with Gasteiger partial charge in [0.2, 0.25) is 0 Å². The van der Waals surface area contributed by atoms with Gasteiger partial charge in [-0.2, -0.15) is 0 Å². The molecule has 2 amide bonds. The van der Waals surface area contributed by atoms with Crippen LogP contribution in [0.4, 0.5) is 11.4 Å². The number of anilines is 2. The summed E-state index contributed by atoms with van der Waals surface area (Å²) >= 11 is 5.17. The number of furan rings is 1. The normalized spacial score (nSPS) is 10.1. The average molecular weight is 409 g/mol. The summed E-state index contributed by atoms with van der Waals surface area (Å²) in [6, 6.07) is 17.0. The lowest BCUT2D eigenvalue weighted by Crippen LogP contribution is -2.34. The van der Waals surface area contributed by atoms with E-state index in [-0.39, 0.29) is 16.8 Å². The summed E-state index contributed by atoms with van der Waals surface area (Å²) in [5, 5.41) is 8.25. The van der Waals surface area contributed by atoms with Gasteiger partial charge in [0.15, 0.2) is 10.9 Å². The Kier molecular flexibility index (Phi) is 6.59. The fourth-order valence-corrected chi connectivity index (χ4v) is 2.72. The lowest BCUT2D eigenvalue weighted by Gasteiger charge is -2.13. The van der Waals surface area contributed by atoms with Crippen LogP contribution in [0.25, 0.3) is 0 Å². The van der Waals surface area contributed by atoms with Crippen molar-refractivity contribution >= 4 is 40.5 Å². The molecule has 0 radical (unpaired) electrons.